The highest BCUT2D eigenvalue weighted by atomic mass is 16.5. The Morgan fingerprint density at radius 2 is 1.65 bits per heavy atom. The molecule has 0 saturated heterocycles. The van der Waals surface area contributed by atoms with E-state index in [9.17, 15) is 0 Å². The van der Waals surface area contributed by atoms with Gasteiger partial charge in [0.2, 0.25) is 0 Å². The van der Waals surface area contributed by atoms with Crippen LogP contribution in [0.25, 0.3) is 0 Å². The highest BCUT2D eigenvalue weighted by Crippen LogP contribution is 2.38. The molecule has 1 saturated carbocycles. The zero-order valence-corrected chi connectivity index (χ0v) is 14.3. The van der Waals surface area contributed by atoms with Crippen LogP contribution in [0.4, 0.5) is 0 Å². The molecule has 0 radical (unpaired) electrons. The van der Waals surface area contributed by atoms with E-state index in [1.807, 2.05) is 0 Å². The molecule has 1 aliphatic carbocycles. The van der Waals surface area contributed by atoms with Gasteiger partial charge in [0.15, 0.2) is 0 Å². The van der Waals surface area contributed by atoms with Crippen LogP contribution in [0.5, 0.6) is 0 Å². The van der Waals surface area contributed by atoms with Crippen molar-refractivity contribution in [3.8, 4) is 0 Å². The van der Waals surface area contributed by atoms with E-state index in [1.165, 1.54) is 51.5 Å². The molecule has 0 amide bonds. The second-order valence-corrected chi connectivity index (χ2v) is 7.63. The van der Waals surface area contributed by atoms with Gasteiger partial charge in [-0.05, 0) is 49.5 Å². The molecule has 0 heterocycles. The van der Waals surface area contributed by atoms with E-state index >= 15 is 0 Å². The summed E-state index contributed by atoms with van der Waals surface area (Å²) >= 11 is 0. The van der Waals surface area contributed by atoms with Crippen molar-refractivity contribution in [3.63, 3.8) is 0 Å². The first kappa shape index (κ1) is 18.0. The van der Waals surface area contributed by atoms with Gasteiger partial charge in [0.1, 0.15) is 0 Å². The normalized spacial score (nSPS) is 18.9. The van der Waals surface area contributed by atoms with Crippen molar-refractivity contribution in [2.75, 3.05) is 26.3 Å². The molecule has 2 nitrogen and oxygen atoms in total. The first-order valence-electron chi connectivity index (χ1n) is 8.82. The molecule has 0 unspecified atom stereocenters. The van der Waals surface area contributed by atoms with Gasteiger partial charge < -0.3 is 10.1 Å². The molecule has 20 heavy (non-hydrogen) atoms. The Balaban J connectivity index is 2.27. The Kier molecular flexibility index (Phi) is 8.79. The van der Waals surface area contributed by atoms with Crippen LogP contribution < -0.4 is 5.32 Å². The summed E-state index contributed by atoms with van der Waals surface area (Å²) in [5.41, 5.74) is 0.519. The van der Waals surface area contributed by atoms with Crippen LogP contribution in [-0.4, -0.2) is 26.3 Å². The Morgan fingerprint density at radius 3 is 2.25 bits per heavy atom. The minimum atomic E-state index is 0.519. The molecule has 1 rings (SSSR count). The smallest absolute Gasteiger partial charge is 0.0471 e. The molecule has 0 aromatic rings. The van der Waals surface area contributed by atoms with E-state index < -0.39 is 0 Å². The second-order valence-electron chi connectivity index (χ2n) is 7.63. The molecule has 0 atom stereocenters. The molecule has 1 fully saturated rings. The highest BCUT2D eigenvalue weighted by Gasteiger charge is 2.31. The standard InChI is InChI=1S/C18H37NO/c1-16(2)8-12-20-13-11-18(9-6-5-7-10-18)15-19-14-17(3)4/h16-17,19H,5-15H2,1-4H3. The first-order valence-corrected chi connectivity index (χ1v) is 8.82. The minimum absolute atomic E-state index is 0.519. The van der Waals surface area contributed by atoms with Crippen LogP contribution in [0.3, 0.4) is 0 Å². The molecule has 0 aromatic carbocycles. The maximum Gasteiger partial charge on any atom is 0.0471 e. The fraction of sp³-hybridized carbons (Fsp3) is 1.00. The fourth-order valence-corrected chi connectivity index (χ4v) is 3.15. The lowest BCUT2D eigenvalue weighted by molar-refractivity contribution is 0.0677. The zero-order chi connectivity index (χ0) is 14.8. The zero-order valence-electron chi connectivity index (χ0n) is 14.3. The topological polar surface area (TPSA) is 21.3 Å². The van der Waals surface area contributed by atoms with Gasteiger partial charge in [-0.1, -0.05) is 47.0 Å². The van der Waals surface area contributed by atoms with E-state index in [-0.39, 0.29) is 0 Å². The number of nitrogens with one attached hydrogen (secondary N) is 1. The maximum atomic E-state index is 5.87. The van der Waals surface area contributed by atoms with Gasteiger partial charge in [0, 0.05) is 19.8 Å². The first-order chi connectivity index (χ1) is 9.54. The Labute approximate surface area is 127 Å². The summed E-state index contributed by atoms with van der Waals surface area (Å²) in [4.78, 5) is 0. The second kappa shape index (κ2) is 9.78. The van der Waals surface area contributed by atoms with E-state index in [4.69, 9.17) is 4.74 Å². The van der Waals surface area contributed by atoms with Crippen molar-refractivity contribution in [1.29, 1.82) is 0 Å². The van der Waals surface area contributed by atoms with E-state index in [0.717, 1.165) is 31.6 Å². The van der Waals surface area contributed by atoms with Crippen molar-refractivity contribution in [2.45, 2.75) is 72.6 Å². The predicted octanol–water partition coefficient (Wildman–Crippen LogP) is 4.64. The van der Waals surface area contributed by atoms with E-state index in [1.54, 1.807) is 0 Å². The number of hydrogen-bond acceptors (Lipinski definition) is 2. The SMILES string of the molecule is CC(C)CCOCCC1(CNCC(C)C)CCCCC1. The van der Waals surface area contributed by atoms with Crippen LogP contribution in [0, 0.1) is 17.3 Å². The van der Waals surface area contributed by atoms with Crippen molar-refractivity contribution < 1.29 is 4.74 Å². The molecule has 0 aliphatic heterocycles. The highest BCUT2D eigenvalue weighted by molar-refractivity contribution is 4.85. The maximum absolute atomic E-state index is 5.87. The van der Waals surface area contributed by atoms with Crippen LogP contribution >= 0.6 is 0 Å². The molecule has 2 heteroatoms. The summed E-state index contributed by atoms with van der Waals surface area (Å²) in [7, 11) is 0. The van der Waals surface area contributed by atoms with Crippen molar-refractivity contribution in [1.82, 2.24) is 5.32 Å². The van der Waals surface area contributed by atoms with Crippen molar-refractivity contribution in [2.24, 2.45) is 17.3 Å². The van der Waals surface area contributed by atoms with Crippen molar-refractivity contribution >= 4 is 0 Å². The third kappa shape index (κ3) is 7.64. The van der Waals surface area contributed by atoms with Crippen LogP contribution in [0.15, 0.2) is 0 Å². The van der Waals surface area contributed by atoms with Gasteiger partial charge in [-0.3, -0.25) is 0 Å². The van der Waals surface area contributed by atoms with Gasteiger partial charge in [-0.2, -0.15) is 0 Å². The summed E-state index contributed by atoms with van der Waals surface area (Å²) in [6.07, 6.45) is 9.48. The van der Waals surface area contributed by atoms with Crippen molar-refractivity contribution in [3.05, 3.63) is 0 Å². The molecular formula is C18H37NO. The van der Waals surface area contributed by atoms with Crippen LogP contribution in [0.1, 0.15) is 72.6 Å². The molecule has 1 N–H and O–H groups in total. The lowest BCUT2D eigenvalue weighted by atomic mass is 9.72. The average Bonchev–Trinajstić information content (AvgIpc) is 2.38. The van der Waals surface area contributed by atoms with Gasteiger partial charge in [0.25, 0.3) is 0 Å². The molecule has 0 aromatic heterocycles. The van der Waals surface area contributed by atoms with Crippen LogP contribution in [0.2, 0.25) is 0 Å². The molecule has 0 bridgehead atoms. The third-order valence-corrected chi connectivity index (χ3v) is 4.58. The Bertz CT molecular complexity index is 232. The Hall–Kier alpha value is -0.0800. The fourth-order valence-electron chi connectivity index (χ4n) is 3.15. The number of rotatable bonds is 10. The van der Waals surface area contributed by atoms with Gasteiger partial charge in [0.05, 0.1) is 0 Å². The third-order valence-electron chi connectivity index (χ3n) is 4.58. The van der Waals surface area contributed by atoms with E-state index in [2.05, 4.69) is 33.0 Å². The van der Waals surface area contributed by atoms with Gasteiger partial charge in [-0.15, -0.1) is 0 Å². The summed E-state index contributed by atoms with van der Waals surface area (Å²) in [5, 5.41) is 3.70. The predicted molar refractivity (Wildman–Crippen MR) is 88.1 cm³/mol. The molecule has 0 spiro atoms. The average molecular weight is 284 g/mol. The quantitative estimate of drug-likeness (QED) is 0.590. The molecule has 1 aliphatic rings. The number of hydrogen-bond donors (Lipinski definition) is 1. The summed E-state index contributed by atoms with van der Waals surface area (Å²) in [5.74, 6) is 1.50. The van der Waals surface area contributed by atoms with Crippen LogP contribution in [-0.2, 0) is 4.74 Å². The van der Waals surface area contributed by atoms with E-state index in [0.29, 0.717) is 5.41 Å². The summed E-state index contributed by atoms with van der Waals surface area (Å²) in [6, 6.07) is 0. The number of ether oxygens (including phenoxy) is 1. The largest absolute Gasteiger partial charge is 0.381 e. The minimum Gasteiger partial charge on any atom is -0.381 e. The van der Waals surface area contributed by atoms with Gasteiger partial charge >= 0.3 is 0 Å². The molecular weight excluding hydrogens is 246 g/mol. The lowest BCUT2D eigenvalue weighted by Crippen LogP contribution is -2.38. The molecule has 120 valence electrons. The lowest BCUT2D eigenvalue weighted by Gasteiger charge is -2.38. The summed E-state index contributed by atoms with van der Waals surface area (Å²) in [6.45, 7) is 13.3. The monoisotopic (exact) mass is 283 g/mol. The summed E-state index contributed by atoms with van der Waals surface area (Å²) < 4.78 is 5.87. The van der Waals surface area contributed by atoms with Gasteiger partial charge in [-0.25, -0.2) is 0 Å². The Morgan fingerprint density at radius 1 is 0.950 bits per heavy atom.